The summed E-state index contributed by atoms with van der Waals surface area (Å²) in [7, 11) is 0. The highest BCUT2D eigenvalue weighted by Gasteiger charge is 1.95. The van der Waals surface area contributed by atoms with Gasteiger partial charge in [-0.05, 0) is 34.6 Å². The first-order chi connectivity index (χ1) is 4.41. The van der Waals surface area contributed by atoms with Crippen molar-refractivity contribution in [3.05, 3.63) is 0 Å². The van der Waals surface area contributed by atoms with Crippen LogP contribution in [0.1, 0.15) is 34.6 Å². The third kappa shape index (κ3) is 103. The van der Waals surface area contributed by atoms with E-state index in [4.69, 9.17) is 10.5 Å². The predicted octanol–water partition coefficient (Wildman–Crippen LogP) is 1.79. The lowest BCUT2D eigenvalue weighted by Crippen LogP contribution is -2.26. The van der Waals surface area contributed by atoms with Gasteiger partial charge in [0.25, 0.3) is 0 Å². The first-order valence-corrected chi connectivity index (χ1v) is 3.78. The Bertz CT molecular complexity index is 48.8. The molecule has 0 aromatic heterocycles. The van der Waals surface area contributed by atoms with Crippen molar-refractivity contribution in [2.45, 2.75) is 40.2 Å². The molecular weight excluding hydrogens is 126 g/mol. The summed E-state index contributed by atoms with van der Waals surface area (Å²) >= 11 is 0. The largest absolute Gasteiger partial charge is 0.382 e. The van der Waals surface area contributed by atoms with E-state index in [1.807, 2.05) is 34.6 Å². The molecule has 0 unspecified atom stereocenters. The van der Waals surface area contributed by atoms with Crippen molar-refractivity contribution in [2.24, 2.45) is 5.73 Å². The quantitative estimate of drug-likeness (QED) is 0.646. The summed E-state index contributed by atoms with van der Waals surface area (Å²) in [6, 6.07) is 0. The van der Waals surface area contributed by atoms with Crippen LogP contribution in [0.2, 0.25) is 0 Å². The Morgan fingerprint density at radius 3 is 1.30 bits per heavy atom. The van der Waals surface area contributed by atoms with Crippen molar-refractivity contribution in [1.82, 2.24) is 0 Å². The van der Waals surface area contributed by atoms with Crippen LogP contribution in [0.25, 0.3) is 0 Å². The van der Waals surface area contributed by atoms with E-state index >= 15 is 0 Å². The zero-order valence-corrected chi connectivity index (χ0v) is 7.90. The number of rotatable bonds is 2. The molecule has 0 aliphatic heterocycles. The molecule has 0 aliphatic rings. The Morgan fingerprint density at radius 2 is 1.30 bits per heavy atom. The van der Waals surface area contributed by atoms with Crippen LogP contribution in [0.5, 0.6) is 0 Å². The van der Waals surface area contributed by atoms with E-state index in [9.17, 15) is 0 Å². The molecule has 0 radical (unpaired) electrons. The van der Waals surface area contributed by atoms with Crippen molar-refractivity contribution in [2.75, 3.05) is 13.2 Å². The second-order valence-corrected chi connectivity index (χ2v) is 3.15. The van der Waals surface area contributed by atoms with Crippen molar-refractivity contribution >= 4 is 0 Å². The third-order valence-electron chi connectivity index (χ3n) is 0.408. The normalized spacial score (nSPS) is 10.2. The molecular formula is C8H21NO. The van der Waals surface area contributed by atoms with Gasteiger partial charge in [0.15, 0.2) is 0 Å². The maximum Gasteiger partial charge on any atom is 0.0437 e. The summed E-state index contributed by atoms with van der Waals surface area (Å²) in [5, 5.41) is 0. The third-order valence-corrected chi connectivity index (χ3v) is 0.408. The fourth-order valence-corrected chi connectivity index (χ4v) is 0.204. The molecule has 10 heavy (non-hydrogen) atoms. The predicted molar refractivity (Wildman–Crippen MR) is 46.1 cm³/mol. The van der Waals surface area contributed by atoms with Gasteiger partial charge in [-0.15, -0.1) is 0 Å². The summed E-state index contributed by atoms with van der Waals surface area (Å²) in [4.78, 5) is 0. The zero-order chi connectivity index (χ0) is 8.62. The minimum Gasteiger partial charge on any atom is -0.382 e. The van der Waals surface area contributed by atoms with E-state index in [0.29, 0.717) is 0 Å². The summed E-state index contributed by atoms with van der Waals surface area (Å²) < 4.78 is 4.83. The summed E-state index contributed by atoms with van der Waals surface area (Å²) in [6.07, 6.45) is 0. The van der Waals surface area contributed by atoms with E-state index in [1.165, 1.54) is 0 Å². The molecule has 2 heteroatoms. The first-order valence-electron chi connectivity index (χ1n) is 3.78. The molecule has 0 saturated carbocycles. The summed E-state index contributed by atoms with van der Waals surface area (Å²) in [5.41, 5.74) is 5.35. The van der Waals surface area contributed by atoms with E-state index in [0.717, 1.165) is 13.2 Å². The maximum atomic E-state index is 5.35. The number of ether oxygens (including phenoxy) is 1. The van der Waals surface area contributed by atoms with Crippen LogP contribution in [-0.4, -0.2) is 18.8 Å². The molecule has 2 N–H and O–H groups in total. The summed E-state index contributed by atoms with van der Waals surface area (Å²) in [5.74, 6) is 0. The van der Waals surface area contributed by atoms with E-state index in [-0.39, 0.29) is 5.54 Å². The lowest BCUT2D eigenvalue weighted by Gasteiger charge is -2.06. The Hall–Kier alpha value is -0.0800. The molecule has 0 aromatic carbocycles. The second kappa shape index (κ2) is 7.03. The Labute approximate surface area is 64.8 Å². The fraction of sp³-hybridized carbons (Fsp3) is 1.00. The van der Waals surface area contributed by atoms with Gasteiger partial charge in [-0.2, -0.15) is 0 Å². The number of nitrogens with two attached hydrogens (primary N) is 1. The van der Waals surface area contributed by atoms with Gasteiger partial charge in [-0.25, -0.2) is 0 Å². The molecule has 0 aliphatic carbocycles. The smallest absolute Gasteiger partial charge is 0.0437 e. The highest BCUT2D eigenvalue weighted by Crippen LogP contribution is 1.88. The van der Waals surface area contributed by atoms with Crippen molar-refractivity contribution in [3.63, 3.8) is 0 Å². The molecule has 0 rings (SSSR count). The van der Waals surface area contributed by atoms with E-state index in [2.05, 4.69) is 0 Å². The van der Waals surface area contributed by atoms with Gasteiger partial charge in [-0.3, -0.25) is 0 Å². The maximum absolute atomic E-state index is 5.35. The molecule has 2 nitrogen and oxygen atoms in total. The average Bonchev–Trinajstić information content (AvgIpc) is 1.63. The molecule has 0 spiro atoms. The number of hydrogen-bond donors (Lipinski definition) is 1. The zero-order valence-electron chi connectivity index (χ0n) is 7.90. The molecule has 0 atom stereocenters. The molecule has 0 fully saturated rings. The van der Waals surface area contributed by atoms with E-state index in [1.54, 1.807) is 0 Å². The van der Waals surface area contributed by atoms with E-state index < -0.39 is 0 Å². The van der Waals surface area contributed by atoms with Gasteiger partial charge in [-0.1, -0.05) is 0 Å². The van der Waals surface area contributed by atoms with Crippen LogP contribution in [0.15, 0.2) is 0 Å². The SMILES string of the molecule is CC(C)(C)N.CCOCC. The van der Waals surface area contributed by atoms with Crippen LogP contribution in [0.3, 0.4) is 0 Å². The van der Waals surface area contributed by atoms with Gasteiger partial charge >= 0.3 is 0 Å². The molecule has 0 heterocycles. The standard InChI is InChI=1S/C4H11N.C4H10O/c1-4(2,3)5;1-3-5-4-2/h5H2,1-3H3;3-4H2,1-2H3. The fourth-order valence-electron chi connectivity index (χ4n) is 0.204. The molecule has 0 saturated heterocycles. The second-order valence-electron chi connectivity index (χ2n) is 3.15. The minimum atomic E-state index is 0. The Balaban J connectivity index is 0. The van der Waals surface area contributed by atoms with Gasteiger partial charge in [0.05, 0.1) is 0 Å². The topological polar surface area (TPSA) is 35.2 Å². The Kier molecular flexibility index (Phi) is 8.85. The van der Waals surface area contributed by atoms with Crippen molar-refractivity contribution in [3.8, 4) is 0 Å². The number of hydrogen-bond acceptors (Lipinski definition) is 2. The molecule has 0 aromatic rings. The molecule has 0 bridgehead atoms. The minimum absolute atomic E-state index is 0. The van der Waals surface area contributed by atoms with Crippen molar-refractivity contribution in [1.29, 1.82) is 0 Å². The summed E-state index contributed by atoms with van der Waals surface area (Å²) in [6.45, 7) is 11.6. The van der Waals surface area contributed by atoms with Gasteiger partial charge < -0.3 is 10.5 Å². The Morgan fingerprint density at radius 1 is 1.10 bits per heavy atom. The van der Waals surface area contributed by atoms with Crippen LogP contribution < -0.4 is 5.73 Å². The first kappa shape index (κ1) is 12.6. The van der Waals surface area contributed by atoms with Crippen LogP contribution >= 0.6 is 0 Å². The highest BCUT2D eigenvalue weighted by molar-refractivity contribution is 4.60. The van der Waals surface area contributed by atoms with Crippen LogP contribution in [0, 0.1) is 0 Å². The monoisotopic (exact) mass is 147 g/mol. The molecule has 0 amide bonds. The van der Waals surface area contributed by atoms with Gasteiger partial charge in [0, 0.05) is 18.8 Å². The molecule has 64 valence electrons. The van der Waals surface area contributed by atoms with Crippen LogP contribution in [-0.2, 0) is 4.74 Å². The highest BCUT2D eigenvalue weighted by atomic mass is 16.5. The lowest BCUT2D eigenvalue weighted by atomic mass is 10.1. The van der Waals surface area contributed by atoms with Crippen molar-refractivity contribution < 1.29 is 4.74 Å². The van der Waals surface area contributed by atoms with Crippen LogP contribution in [0.4, 0.5) is 0 Å². The lowest BCUT2D eigenvalue weighted by molar-refractivity contribution is 0.162. The van der Waals surface area contributed by atoms with Gasteiger partial charge in [0.1, 0.15) is 0 Å². The van der Waals surface area contributed by atoms with Gasteiger partial charge in [0.2, 0.25) is 0 Å². The average molecular weight is 147 g/mol.